The molecule has 2 heteroatoms. The Kier molecular flexibility index (Phi) is 5.88. The van der Waals surface area contributed by atoms with Gasteiger partial charge in [0.2, 0.25) is 0 Å². The van der Waals surface area contributed by atoms with Crippen molar-refractivity contribution in [3.05, 3.63) is 53.1 Å². The van der Waals surface area contributed by atoms with E-state index in [2.05, 4.69) is 62.2 Å². The van der Waals surface area contributed by atoms with Crippen molar-refractivity contribution in [3.8, 4) is 11.1 Å². The predicted octanol–water partition coefficient (Wildman–Crippen LogP) is 6.50. The summed E-state index contributed by atoms with van der Waals surface area (Å²) in [6.07, 6.45) is 11.1. The van der Waals surface area contributed by atoms with Crippen molar-refractivity contribution in [3.63, 3.8) is 0 Å². The van der Waals surface area contributed by atoms with E-state index in [4.69, 9.17) is 0 Å². The molecule has 0 saturated carbocycles. The highest BCUT2D eigenvalue weighted by Crippen LogP contribution is 2.43. The molecule has 1 heterocycles. The van der Waals surface area contributed by atoms with Crippen molar-refractivity contribution >= 4 is 13.6 Å². The fraction of sp³-hybridized carbons (Fsp3) is 0.520. The molecular weight excluding hydrogens is 345 g/mol. The first-order valence-electron chi connectivity index (χ1n) is 10.8. The molecule has 0 radical (unpaired) electrons. The summed E-state index contributed by atoms with van der Waals surface area (Å²) in [7, 11) is 2.57. The molecule has 0 bridgehead atoms. The van der Waals surface area contributed by atoms with Gasteiger partial charge in [0.1, 0.15) is 0 Å². The summed E-state index contributed by atoms with van der Waals surface area (Å²) in [5.74, 6) is 0.966. The number of aryl methyl sites for hydroxylation is 1. The molecule has 1 nitrogen and oxygen atoms in total. The molecular formula is C25H34NP. The third-order valence-electron chi connectivity index (χ3n) is 6.78. The van der Waals surface area contributed by atoms with Crippen LogP contribution in [0.4, 0.5) is 5.69 Å². The van der Waals surface area contributed by atoms with E-state index in [-0.39, 0.29) is 7.92 Å². The third kappa shape index (κ3) is 4.09. The zero-order valence-corrected chi connectivity index (χ0v) is 18.2. The lowest BCUT2D eigenvalue weighted by atomic mass is 9.93. The molecule has 4 rings (SSSR count). The average molecular weight is 380 g/mol. The molecule has 144 valence electrons. The zero-order chi connectivity index (χ0) is 18.8. The normalized spacial score (nSPS) is 21.9. The first kappa shape index (κ1) is 19.0. The molecule has 2 aromatic rings. The summed E-state index contributed by atoms with van der Waals surface area (Å²) in [6, 6.07) is 13.8. The molecule has 1 aliphatic heterocycles. The Morgan fingerprint density at radius 3 is 2.56 bits per heavy atom. The van der Waals surface area contributed by atoms with Crippen LogP contribution in [0.2, 0.25) is 0 Å². The van der Waals surface area contributed by atoms with E-state index in [9.17, 15) is 0 Å². The standard InChI is InChI=1S/C25H34NP/c1-19-13-16-27(17-14-19)18-15-26(3)25-12-6-9-22(20(25)2)24-11-5-8-21-7-4-10-23(21)24/h5-6,8-9,11-12,19H,4,7,10,13-18H2,1-3H3. The van der Waals surface area contributed by atoms with Crippen molar-refractivity contribution in [2.75, 3.05) is 37.0 Å². The number of anilines is 1. The van der Waals surface area contributed by atoms with Crippen molar-refractivity contribution < 1.29 is 0 Å². The number of rotatable bonds is 5. The minimum Gasteiger partial charge on any atom is -0.374 e. The summed E-state index contributed by atoms with van der Waals surface area (Å²) >= 11 is 0. The van der Waals surface area contributed by atoms with Crippen LogP contribution in [0.5, 0.6) is 0 Å². The van der Waals surface area contributed by atoms with E-state index in [1.54, 1.807) is 11.1 Å². The highest BCUT2D eigenvalue weighted by atomic mass is 31.1. The first-order chi connectivity index (χ1) is 13.1. The number of fused-ring (bicyclic) bond motifs is 1. The van der Waals surface area contributed by atoms with Crippen LogP contribution in [0.15, 0.2) is 36.4 Å². The predicted molar refractivity (Wildman–Crippen MR) is 122 cm³/mol. The van der Waals surface area contributed by atoms with E-state index in [1.165, 1.54) is 79.5 Å². The summed E-state index contributed by atoms with van der Waals surface area (Å²) < 4.78 is 0. The maximum Gasteiger partial charge on any atom is 0.0399 e. The Morgan fingerprint density at radius 2 is 1.74 bits per heavy atom. The first-order valence-corrected chi connectivity index (χ1v) is 12.7. The Morgan fingerprint density at radius 1 is 1.00 bits per heavy atom. The highest BCUT2D eigenvalue weighted by Gasteiger charge is 2.20. The quantitative estimate of drug-likeness (QED) is 0.536. The van der Waals surface area contributed by atoms with Gasteiger partial charge in [-0.2, -0.15) is 0 Å². The summed E-state index contributed by atoms with van der Waals surface area (Å²) in [6.45, 7) is 5.95. The molecule has 2 aromatic carbocycles. The number of nitrogens with zero attached hydrogens (tertiary/aromatic N) is 1. The van der Waals surface area contributed by atoms with Crippen LogP contribution < -0.4 is 4.90 Å². The monoisotopic (exact) mass is 379 g/mol. The lowest BCUT2D eigenvalue weighted by Crippen LogP contribution is -2.23. The summed E-state index contributed by atoms with van der Waals surface area (Å²) in [4.78, 5) is 2.52. The fourth-order valence-corrected chi connectivity index (χ4v) is 7.76. The SMILES string of the molecule is Cc1c(-c2cccc3c2CCC3)cccc1N(C)CCP1CCC(C)CC1. The van der Waals surface area contributed by atoms with Crippen LogP contribution >= 0.6 is 7.92 Å². The highest BCUT2D eigenvalue weighted by molar-refractivity contribution is 7.57. The van der Waals surface area contributed by atoms with Gasteiger partial charge in [-0.25, -0.2) is 0 Å². The lowest BCUT2D eigenvalue weighted by Gasteiger charge is -2.30. The molecule has 0 N–H and O–H groups in total. The summed E-state index contributed by atoms with van der Waals surface area (Å²) in [5.41, 5.74) is 8.95. The van der Waals surface area contributed by atoms with Gasteiger partial charge in [-0.3, -0.25) is 0 Å². The largest absolute Gasteiger partial charge is 0.374 e. The molecule has 0 spiro atoms. The Bertz CT molecular complexity index is 789. The van der Waals surface area contributed by atoms with Crippen LogP contribution in [0.25, 0.3) is 11.1 Å². The van der Waals surface area contributed by atoms with Crippen LogP contribution in [-0.4, -0.2) is 32.1 Å². The number of benzene rings is 2. The third-order valence-corrected chi connectivity index (χ3v) is 9.39. The van der Waals surface area contributed by atoms with Gasteiger partial charge in [-0.05, 0) is 97.3 Å². The maximum atomic E-state index is 2.52. The van der Waals surface area contributed by atoms with Gasteiger partial charge in [0.15, 0.2) is 0 Å². The molecule has 27 heavy (non-hydrogen) atoms. The minimum atomic E-state index is 0.272. The van der Waals surface area contributed by atoms with Gasteiger partial charge < -0.3 is 4.90 Å². The molecule has 1 saturated heterocycles. The van der Waals surface area contributed by atoms with Crippen molar-refractivity contribution in [1.29, 1.82) is 0 Å². The van der Waals surface area contributed by atoms with Gasteiger partial charge >= 0.3 is 0 Å². The molecule has 2 aliphatic rings. The van der Waals surface area contributed by atoms with Crippen molar-refractivity contribution in [2.24, 2.45) is 5.92 Å². The Labute approximate surface area is 166 Å². The van der Waals surface area contributed by atoms with Crippen LogP contribution in [0.3, 0.4) is 0 Å². The second kappa shape index (κ2) is 8.36. The average Bonchev–Trinajstić information content (AvgIpc) is 3.16. The molecule has 1 fully saturated rings. The van der Waals surface area contributed by atoms with E-state index in [0.717, 1.165) is 5.92 Å². The smallest absolute Gasteiger partial charge is 0.0399 e. The molecule has 0 atom stereocenters. The topological polar surface area (TPSA) is 3.24 Å². The van der Waals surface area contributed by atoms with Gasteiger partial charge in [-0.1, -0.05) is 37.3 Å². The Hall–Kier alpha value is -1.33. The Balaban J connectivity index is 1.51. The lowest BCUT2D eigenvalue weighted by molar-refractivity contribution is 0.534. The van der Waals surface area contributed by atoms with Gasteiger partial charge in [-0.15, -0.1) is 7.92 Å². The second-order valence-electron chi connectivity index (χ2n) is 8.69. The fourth-order valence-electron chi connectivity index (χ4n) is 4.90. The van der Waals surface area contributed by atoms with E-state index in [1.807, 2.05) is 0 Å². The van der Waals surface area contributed by atoms with Crippen molar-refractivity contribution in [2.45, 2.75) is 46.0 Å². The molecule has 1 aliphatic carbocycles. The van der Waals surface area contributed by atoms with Gasteiger partial charge in [0.05, 0.1) is 0 Å². The van der Waals surface area contributed by atoms with Gasteiger partial charge in [0.25, 0.3) is 0 Å². The van der Waals surface area contributed by atoms with E-state index < -0.39 is 0 Å². The maximum absolute atomic E-state index is 2.52. The second-order valence-corrected chi connectivity index (χ2v) is 11.4. The number of hydrogen-bond acceptors (Lipinski definition) is 1. The van der Waals surface area contributed by atoms with Crippen LogP contribution in [-0.2, 0) is 12.8 Å². The van der Waals surface area contributed by atoms with E-state index >= 15 is 0 Å². The molecule has 0 amide bonds. The zero-order valence-electron chi connectivity index (χ0n) is 17.3. The molecule has 0 unspecified atom stereocenters. The van der Waals surface area contributed by atoms with Crippen LogP contribution in [0.1, 0.15) is 42.9 Å². The number of hydrogen-bond donors (Lipinski definition) is 0. The van der Waals surface area contributed by atoms with Gasteiger partial charge in [0, 0.05) is 19.3 Å². The van der Waals surface area contributed by atoms with Crippen LogP contribution in [0, 0.1) is 12.8 Å². The summed E-state index contributed by atoms with van der Waals surface area (Å²) in [5, 5.41) is 0. The minimum absolute atomic E-state index is 0.272. The molecule has 0 aromatic heterocycles. The van der Waals surface area contributed by atoms with Crippen molar-refractivity contribution in [1.82, 2.24) is 0 Å². The van der Waals surface area contributed by atoms with E-state index in [0.29, 0.717) is 0 Å².